The lowest BCUT2D eigenvalue weighted by molar-refractivity contribution is -0.192. The third-order valence-corrected chi connectivity index (χ3v) is 6.19. The molecule has 0 radical (unpaired) electrons. The van der Waals surface area contributed by atoms with Gasteiger partial charge in [0.2, 0.25) is 0 Å². The van der Waals surface area contributed by atoms with E-state index in [1.54, 1.807) is 18.4 Å². The highest BCUT2D eigenvalue weighted by Crippen LogP contribution is 2.38. The van der Waals surface area contributed by atoms with Crippen LogP contribution in [0.2, 0.25) is 0 Å². The third-order valence-electron chi connectivity index (χ3n) is 5.51. The highest BCUT2D eigenvalue weighted by Gasteiger charge is 2.43. The summed E-state index contributed by atoms with van der Waals surface area (Å²) in [5.41, 5.74) is 1.20. The molecule has 0 bridgehead atoms. The second kappa shape index (κ2) is 10.4. The molecule has 2 aliphatic heterocycles. The molecule has 164 valence electrons. The average Bonchev–Trinajstić information content (AvgIpc) is 3.33. The number of amides is 1. The smallest absolute Gasteiger partial charge is 0.475 e. The van der Waals surface area contributed by atoms with Gasteiger partial charge >= 0.3 is 12.1 Å². The van der Waals surface area contributed by atoms with Crippen LogP contribution in [0.1, 0.15) is 42.5 Å². The quantitative estimate of drug-likeness (QED) is 0.716. The number of carbonyl (C=O) groups is 2. The van der Waals surface area contributed by atoms with Gasteiger partial charge in [0.05, 0.1) is 5.56 Å². The molecule has 3 heterocycles. The van der Waals surface area contributed by atoms with Crippen molar-refractivity contribution < 1.29 is 32.6 Å². The number of halogens is 3. The van der Waals surface area contributed by atoms with Crippen molar-refractivity contribution in [3.05, 3.63) is 22.4 Å². The van der Waals surface area contributed by atoms with Crippen molar-refractivity contribution in [1.82, 2.24) is 9.80 Å². The number of aliphatic carboxylic acids is 1. The van der Waals surface area contributed by atoms with Crippen LogP contribution < -0.4 is 0 Å². The monoisotopic (exact) mass is 436 g/mol. The fourth-order valence-corrected chi connectivity index (χ4v) is 4.63. The molecule has 6 nitrogen and oxygen atoms in total. The summed E-state index contributed by atoms with van der Waals surface area (Å²) in [5, 5.41) is 11.1. The van der Waals surface area contributed by atoms with Crippen molar-refractivity contribution in [2.75, 3.05) is 39.9 Å². The van der Waals surface area contributed by atoms with Crippen LogP contribution in [0.4, 0.5) is 13.2 Å². The summed E-state index contributed by atoms with van der Waals surface area (Å²) in [5.74, 6) is -2.55. The summed E-state index contributed by atoms with van der Waals surface area (Å²) in [4.78, 5) is 26.1. The molecule has 2 aliphatic rings. The number of ether oxygens (including phenoxy) is 1. The maximum atomic E-state index is 12.5. The lowest BCUT2D eigenvalue weighted by Crippen LogP contribution is -2.53. The number of methoxy groups -OCH3 is 1. The van der Waals surface area contributed by atoms with Gasteiger partial charge in [-0.15, -0.1) is 0 Å². The maximum Gasteiger partial charge on any atom is 0.490 e. The molecule has 3 rings (SSSR count). The van der Waals surface area contributed by atoms with E-state index in [-0.39, 0.29) is 5.91 Å². The zero-order chi connectivity index (χ0) is 21.5. The summed E-state index contributed by atoms with van der Waals surface area (Å²) in [6.45, 7) is 4.98. The van der Waals surface area contributed by atoms with Crippen LogP contribution in [0.3, 0.4) is 0 Å². The van der Waals surface area contributed by atoms with Crippen LogP contribution in [0.15, 0.2) is 16.8 Å². The van der Waals surface area contributed by atoms with Gasteiger partial charge in [0.1, 0.15) is 0 Å². The number of hydrogen-bond donors (Lipinski definition) is 1. The molecule has 0 saturated carbocycles. The van der Waals surface area contributed by atoms with E-state index in [1.165, 1.54) is 19.4 Å². The Morgan fingerprint density at radius 1 is 1.24 bits per heavy atom. The van der Waals surface area contributed by atoms with E-state index < -0.39 is 12.1 Å². The molecule has 2 fully saturated rings. The number of carboxylic acids is 1. The standard InChI is InChI=1S/C17H26N2O2S.C2HF3O2/c1-21-12-3-9-19-8-2-5-17(19)6-10-18(11-7-17)16(20)15-4-13-22-14-15;3-2(4,5)1(6)7/h4,13-14H,2-3,5-12H2,1H3;(H,6,7). The van der Waals surface area contributed by atoms with Crippen molar-refractivity contribution in [1.29, 1.82) is 0 Å². The number of piperidine rings is 1. The summed E-state index contributed by atoms with van der Waals surface area (Å²) in [6.07, 6.45) is 0.855. The fourth-order valence-electron chi connectivity index (χ4n) is 4.00. The highest BCUT2D eigenvalue weighted by atomic mass is 32.1. The number of hydrogen-bond acceptors (Lipinski definition) is 5. The van der Waals surface area contributed by atoms with E-state index in [1.807, 2.05) is 21.7 Å². The van der Waals surface area contributed by atoms with Crippen molar-refractivity contribution >= 4 is 23.2 Å². The first kappa shape index (κ1) is 23.6. The van der Waals surface area contributed by atoms with Crippen molar-refractivity contribution in [2.45, 2.75) is 43.8 Å². The van der Waals surface area contributed by atoms with Crippen LogP contribution in [-0.4, -0.2) is 78.4 Å². The minimum absolute atomic E-state index is 0.208. The average molecular weight is 436 g/mol. The summed E-state index contributed by atoms with van der Waals surface area (Å²) in [7, 11) is 1.77. The summed E-state index contributed by atoms with van der Waals surface area (Å²) in [6, 6.07) is 1.93. The Morgan fingerprint density at radius 3 is 2.41 bits per heavy atom. The van der Waals surface area contributed by atoms with Crippen LogP contribution in [-0.2, 0) is 9.53 Å². The van der Waals surface area contributed by atoms with Gasteiger partial charge in [-0.05, 0) is 50.1 Å². The molecule has 1 N–H and O–H groups in total. The number of thiophene rings is 1. The molecule has 0 atom stereocenters. The minimum atomic E-state index is -5.08. The third kappa shape index (κ3) is 6.42. The number of carbonyl (C=O) groups excluding carboxylic acids is 1. The first-order valence-electron chi connectivity index (χ1n) is 9.55. The Balaban J connectivity index is 0.000000370. The molecular weight excluding hydrogens is 409 g/mol. The second-order valence-corrected chi connectivity index (χ2v) is 8.05. The van der Waals surface area contributed by atoms with Gasteiger partial charge in [0.25, 0.3) is 5.91 Å². The fraction of sp³-hybridized carbons (Fsp3) is 0.684. The van der Waals surface area contributed by atoms with Gasteiger partial charge in [-0.3, -0.25) is 9.69 Å². The molecule has 1 aromatic rings. The molecule has 2 saturated heterocycles. The van der Waals surface area contributed by atoms with Gasteiger partial charge < -0.3 is 14.7 Å². The number of likely N-dealkylation sites (tertiary alicyclic amines) is 2. The molecule has 29 heavy (non-hydrogen) atoms. The Bertz CT molecular complexity index is 659. The van der Waals surface area contributed by atoms with Crippen LogP contribution in [0.25, 0.3) is 0 Å². The maximum absolute atomic E-state index is 12.5. The van der Waals surface area contributed by atoms with Gasteiger partial charge in [-0.1, -0.05) is 0 Å². The zero-order valence-corrected chi connectivity index (χ0v) is 17.2. The van der Waals surface area contributed by atoms with Crippen molar-refractivity contribution in [3.63, 3.8) is 0 Å². The van der Waals surface area contributed by atoms with Gasteiger partial charge in [-0.25, -0.2) is 4.79 Å². The number of carboxylic acid groups (broad SMARTS) is 1. The Labute approximate surface area is 172 Å². The van der Waals surface area contributed by atoms with E-state index in [9.17, 15) is 18.0 Å². The van der Waals surface area contributed by atoms with E-state index in [4.69, 9.17) is 14.6 Å². The first-order valence-corrected chi connectivity index (χ1v) is 10.5. The largest absolute Gasteiger partial charge is 0.490 e. The first-order chi connectivity index (χ1) is 13.7. The molecule has 10 heteroatoms. The molecule has 0 unspecified atom stereocenters. The van der Waals surface area contributed by atoms with E-state index in [2.05, 4.69) is 4.90 Å². The molecular formula is C19H27F3N2O4S. The lowest BCUT2D eigenvalue weighted by atomic mass is 9.84. The second-order valence-electron chi connectivity index (χ2n) is 7.27. The molecule has 1 spiro atoms. The van der Waals surface area contributed by atoms with Crippen LogP contribution in [0, 0.1) is 0 Å². The Hall–Kier alpha value is -1.65. The van der Waals surface area contributed by atoms with Crippen molar-refractivity contribution in [2.24, 2.45) is 0 Å². The SMILES string of the molecule is COCCCN1CCCC12CCN(C(=O)c1ccsc1)CC2.O=C(O)C(F)(F)F. The van der Waals surface area contributed by atoms with Gasteiger partial charge in [0, 0.05) is 44.3 Å². The van der Waals surface area contributed by atoms with Gasteiger partial charge in [-0.2, -0.15) is 24.5 Å². The summed E-state index contributed by atoms with van der Waals surface area (Å²) < 4.78 is 36.9. The molecule has 1 aromatic heterocycles. The van der Waals surface area contributed by atoms with E-state index >= 15 is 0 Å². The molecule has 0 aromatic carbocycles. The number of nitrogens with zero attached hydrogens (tertiary/aromatic N) is 2. The van der Waals surface area contributed by atoms with Crippen LogP contribution >= 0.6 is 11.3 Å². The minimum Gasteiger partial charge on any atom is -0.475 e. The highest BCUT2D eigenvalue weighted by molar-refractivity contribution is 7.08. The number of rotatable bonds is 5. The lowest BCUT2D eigenvalue weighted by Gasteiger charge is -2.45. The van der Waals surface area contributed by atoms with E-state index in [0.29, 0.717) is 5.54 Å². The van der Waals surface area contributed by atoms with Crippen LogP contribution in [0.5, 0.6) is 0 Å². The Morgan fingerprint density at radius 2 is 1.90 bits per heavy atom. The normalized spacial score (nSPS) is 19.1. The summed E-state index contributed by atoms with van der Waals surface area (Å²) >= 11 is 1.59. The van der Waals surface area contributed by atoms with Gasteiger partial charge in [0.15, 0.2) is 0 Å². The predicted molar refractivity (Wildman–Crippen MR) is 103 cm³/mol. The number of alkyl halides is 3. The predicted octanol–water partition coefficient (Wildman–Crippen LogP) is 3.49. The molecule has 0 aliphatic carbocycles. The zero-order valence-electron chi connectivity index (χ0n) is 16.4. The Kier molecular flexibility index (Phi) is 8.47. The van der Waals surface area contributed by atoms with E-state index in [0.717, 1.165) is 51.1 Å². The topological polar surface area (TPSA) is 70.1 Å². The van der Waals surface area contributed by atoms with Crippen molar-refractivity contribution in [3.8, 4) is 0 Å². The molecule has 1 amide bonds.